The van der Waals surface area contributed by atoms with Crippen molar-refractivity contribution in [2.24, 2.45) is 0 Å². The molecule has 1 atom stereocenters. The fraction of sp³-hybridized carbons (Fsp3) is 0.167. The summed E-state index contributed by atoms with van der Waals surface area (Å²) in [5, 5.41) is 17.9. The maximum Gasteiger partial charge on any atom is 0.354 e. The minimum Gasteiger partial charge on any atom is -0.478 e. The van der Waals surface area contributed by atoms with Gasteiger partial charge in [-0.15, -0.1) is 0 Å². The van der Waals surface area contributed by atoms with Crippen LogP contribution in [0.2, 0.25) is 0 Å². The summed E-state index contributed by atoms with van der Waals surface area (Å²) in [5.74, 6) is -1.15. The van der Waals surface area contributed by atoms with Gasteiger partial charge in [-0.1, -0.05) is 36.4 Å². The van der Waals surface area contributed by atoms with E-state index >= 15 is 0 Å². The number of carbonyl (C=O) groups is 1. The lowest BCUT2D eigenvalue weighted by Crippen LogP contribution is -2.38. The molecule has 1 N–H and O–H groups in total. The van der Waals surface area contributed by atoms with Crippen molar-refractivity contribution >= 4 is 12.0 Å². The van der Waals surface area contributed by atoms with E-state index in [0.29, 0.717) is 5.56 Å². The molecule has 4 nitrogen and oxygen atoms in total. The van der Waals surface area contributed by atoms with Crippen molar-refractivity contribution in [2.75, 3.05) is 0 Å². The van der Waals surface area contributed by atoms with Gasteiger partial charge in [0, 0.05) is 12.0 Å². The maximum atomic E-state index is 11.3. The second-order valence-electron chi connectivity index (χ2n) is 3.52. The van der Waals surface area contributed by atoms with Gasteiger partial charge in [0.2, 0.25) is 5.60 Å². The average molecular weight is 215 g/mol. The predicted octanol–water partition coefficient (Wildman–Crippen LogP) is 1.88. The number of ether oxygens (including phenoxy) is 1. The minimum atomic E-state index is -1.57. The summed E-state index contributed by atoms with van der Waals surface area (Å²) in [6.45, 7) is 0. The summed E-state index contributed by atoms with van der Waals surface area (Å²) in [6, 6.07) is 7.01. The molecule has 4 heteroatoms. The number of nitrogens with zero attached hydrogens (tertiary/aromatic N) is 1. The first kappa shape index (κ1) is 10.2. The molecule has 0 bridgehead atoms. The molecule has 2 rings (SSSR count). The lowest BCUT2D eigenvalue weighted by atomic mass is 9.83. The molecule has 0 saturated carbocycles. The first-order valence-electron chi connectivity index (χ1n) is 4.77. The molecule has 0 amide bonds. The Labute approximate surface area is 92.4 Å². The Kier molecular flexibility index (Phi) is 2.37. The van der Waals surface area contributed by atoms with Gasteiger partial charge in [-0.05, 0) is 5.56 Å². The molecule has 80 valence electrons. The zero-order chi connectivity index (χ0) is 11.6. The van der Waals surface area contributed by atoms with Crippen molar-refractivity contribution < 1.29 is 14.6 Å². The van der Waals surface area contributed by atoms with Gasteiger partial charge in [0.25, 0.3) is 6.26 Å². The van der Waals surface area contributed by atoms with Crippen LogP contribution in [0.25, 0.3) is 6.08 Å². The molecule has 0 spiro atoms. The summed E-state index contributed by atoms with van der Waals surface area (Å²) in [5.41, 5.74) is -0.280. The molecule has 1 aliphatic rings. The maximum absolute atomic E-state index is 11.3. The standard InChI is InChI=1S/C12H9NO3/c13-8-16-12(11(14)15)7-3-5-9-4-1-2-6-10(9)12/h1-6H,7H2,(H,14,15). The molecular weight excluding hydrogens is 206 g/mol. The summed E-state index contributed by atoms with van der Waals surface area (Å²) in [7, 11) is 0. The topological polar surface area (TPSA) is 70.3 Å². The van der Waals surface area contributed by atoms with E-state index in [1.54, 1.807) is 24.3 Å². The lowest BCUT2D eigenvalue weighted by Gasteiger charge is -2.29. The zero-order valence-corrected chi connectivity index (χ0v) is 8.38. The molecule has 1 aromatic carbocycles. The number of hydrogen-bond acceptors (Lipinski definition) is 3. The number of rotatable bonds is 2. The number of carboxylic acids is 1. The highest BCUT2D eigenvalue weighted by Gasteiger charge is 2.45. The molecule has 1 unspecified atom stereocenters. The Morgan fingerprint density at radius 2 is 2.25 bits per heavy atom. The lowest BCUT2D eigenvalue weighted by molar-refractivity contribution is -0.159. The molecule has 1 aliphatic carbocycles. The minimum absolute atomic E-state index is 0.160. The van der Waals surface area contributed by atoms with E-state index in [-0.39, 0.29) is 6.42 Å². The largest absolute Gasteiger partial charge is 0.478 e. The van der Waals surface area contributed by atoms with E-state index in [9.17, 15) is 9.90 Å². The first-order chi connectivity index (χ1) is 7.70. The highest BCUT2D eigenvalue weighted by Crippen LogP contribution is 2.36. The molecule has 1 aromatic rings. The molecule has 0 radical (unpaired) electrons. The Balaban J connectivity index is 2.62. The molecule has 0 aromatic heterocycles. The third-order valence-corrected chi connectivity index (χ3v) is 2.66. The Bertz CT molecular complexity index is 501. The van der Waals surface area contributed by atoms with Crippen LogP contribution in [0.1, 0.15) is 17.5 Å². The van der Waals surface area contributed by atoms with Crippen LogP contribution in [-0.2, 0) is 15.1 Å². The third kappa shape index (κ3) is 1.34. The van der Waals surface area contributed by atoms with Gasteiger partial charge in [0.1, 0.15) is 0 Å². The van der Waals surface area contributed by atoms with Crippen molar-refractivity contribution in [1.82, 2.24) is 0 Å². The van der Waals surface area contributed by atoms with Gasteiger partial charge >= 0.3 is 5.97 Å². The second-order valence-corrected chi connectivity index (χ2v) is 3.52. The van der Waals surface area contributed by atoms with Crippen LogP contribution in [0.5, 0.6) is 0 Å². The highest BCUT2D eigenvalue weighted by atomic mass is 16.5. The van der Waals surface area contributed by atoms with E-state index in [1.165, 1.54) is 6.26 Å². The molecule has 0 fully saturated rings. The van der Waals surface area contributed by atoms with E-state index in [0.717, 1.165) is 5.56 Å². The summed E-state index contributed by atoms with van der Waals surface area (Å²) in [6.07, 6.45) is 5.18. The van der Waals surface area contributed by atoms with E-state index in [1.807, 2.05) is 12.1 Å². The summed E-state index contributed by atoms with van der Waals surface area (Å²) in [4.78, 5) is 11.3. The smallest absolute Gasteiger partial charge is 0.354 e. The second kappa shape index (κ2) is 3.70. The number of nitriles is 1. The quantitative estimate of drug-likeness (QED) is 0.764. The SMILES string of the molecule is N#COC1(C(=O)O)CC=Cc2ccccc21. The van der Waals surface area contributed by atoms with Crippen LogP contribution >= 0.6 is 0 Å². The number of benzene rings is 1. The van der Waals surface area contributed by atoms with Crippen LogP contribution in [0.3, 0.4) is 0 Å². The molecule has 0 heterocycles. The van der Waals surface area contributed by atoms with Crippen molar-refractivity contribution in [2.45, 2.75) is 12.0 Å². The fourth-order valence-corrected chi connectivity index (χ4v) is 1.89. The van der Waals surface area contributed by atoms with Gasteiger partial charge in [-0.3, -0.25) is 0 Å². The molecule has 0 aliphatic heterocycles. The number of hydrogen-bond donors (Lipinski definition) is 1. The van der Waals surface area contributed by atoms with Gasteiger partial charge in [-0.25, -0.2) is 4.79 Å². The monoisotopic (exact) mass is 215 g/mol. The van der Waals surface area contributed by atoms with Crippen molar-refractivity contribution in [3.63, 3.8) is 0 Å². The van der Waals surface area contributed by atoms with E-state index in [4.69, 9.17) is 10.00 Å². The van der Waals surface area contributed by atoms with Crippen LogP contribution in [-0.4, -0.2) is 11.1 Å². The predicted molar refractivity (Wildman–Crippen MR) is 56.1 cm³/mol. The van der Waals surface area contributed by atoms with Crippen LogP contribution in [0, 0.1) is 11.5 Å². The Morgan fingerprint density at radius 3 is 2.94 bits per heavy atom. The number of fused-ring (bicyclic) bond motifs is 1. The first-order valence-corrected chi connectivity index (χ1v) is 4.77. The van der Waals surface area contributed by atoms with E-state index in [2.05, 4.69) is 0 Å². The average Bonchev–Trinajstić information content (AvgIpc) is 2.29. The summed E-state index contributed by atoms with van der Waals surface area (Å²) < 4.78 is 4.81. The van der Waals surface area contributed by atoms with Crippen LogP contribution in [0.15, 0.2) is 30.3 Å². The number of carboxylic acid groups (broad SMARTS) is 1. The van der Waals surface area contributed by atoms with Crippen molar-refractivity contribution in [3.8, 4) is 6.26 Å². The van der Waals surface area contributed by atoms with Crippen LogP contribution in [0.4, 0.5) is 0 Å². The normalized spacial score (nSPS) is 21.9. The molecular formula is C12H9NO3. The fourth-order valence-electron chi connectivity index (χ4n) is 1.89. The van der Waals surface area contributed by atoms with Crippen LogP contribution < -0.4 is 0 Å². The van der Waals surface area contributed by atoms with Gasteiger partial charge in [0.05, 0.1) is 0 Å². The van der Waals surface area contributed by atoms with E-state index < -0.39 is 11.6 Å². The Hall–Kier alpha value is -2.28. The van der Waals surface area contributed by atoms with Crippen molar-refractivity contribution in [3.05, 3.63) is 41.5 Å². The highest BCUT2D eigenvalue weighted by molar-refractivity contribution is 5.83. The molecule has 16 heavy (non-hydrogen) atoms. The van der Waals surface area contributed by atoms with Gasteiger partial charge < -0.3 is 9.84 Å². The number of aliphatic carboxylic acids is 1. The van der Waals surface area contributed by atoms with Gasteiger partial charge in [-0.2, -0.15) is 5.26 Å². The van der Waals surface area contributed by atoms with Gasteiger partial charge in [0.15, 0.2) is 0 Å². The van der Waals surface area contributed by atoms with Crippen molar-refractivity contribution in [1.29, 1.82) is 5.26 Å². The molecule has 0 saturated heterocycles. The third-order valence-electron chi connectivity index (χ3n) is 2.66. The zero-order valence-electron chi connectivity index (χ0n) is 8.38. The Morgan fingerprint density at radius 1 is 1.50 bits per heavy atom. The summed E-state index contributed by atoms with van der Waals surface area (Å²) >= 11 is 0.